The second-order valence-corrected chi connectivity index (χ2v) is 7.88. The van der Waals surface area contributed by atoms with E-state index in [2.05, 4.69) is 24.4 Å². The molecule has 3 rings (SSSR count). The van der Waals surface area contributed by atoms with Gasteiger partial charge in [0.05, 0.1) is 7.11 Å². The Morgan fingerprint density at radius 1 is 0.862 bits per heavy atom. The van der Waals surface area contributed by atoms with E-state index in [1.165, 1.54) is 5.56 Å². The molecule has 0 amide bonds. The van der Waals surface area contributed by atoms with Crippen molar-refractivity contribution < 1.29 is 9.47 Å². The van der Waals surface area contributed by atoms with E-state index in [4.69, 9.17) is 44.3 Å². The molecule has 0 bridgehead atoms. The zero-order valence-corrected chi connectivity index (χ0v) is 18.5. The standard InChI is InChI=1S/C23H22Cl3NO2/c1-15(16-6-4-3-5-7-16)27-13-18-10-22(28-2)23(12-21(18)26)29-14-17-8-9-19(24)11-20(17)25/h3-12,15,27H,13-14H2,1-2H3. The predicted octanol–water partition coefficient (Wildman–Crippen LogP) is 7.09. The predicted molar refractivity (Wildman–Crippen MR) is 120 cm³/mol. The van der Waals surface area contributed by atoms with Crippen molar-refractivity contribution in [2.75, 3.05) is 7.11 Å². The molecule has 0 spiro atoms. The molecule has 1 N–H and O–H groups in total. The van der Waals surface area contributed by atoms with Crippen LogP contribution in [0.4, 0.5) is 0 Å². The molecule has 0 aliphatic heterocycles. The van der Waals surface area contributed by atoms with Gasteiger partial charge in [0, 0.05) is 39.3 Å². The van der Waals surface area contributed by atoms with Crippen LogP contribution in [0.3, 0.4) is 0 Å². The Bertz CT molecular complexity index is 964. The number of benzene rings is 3. The lowest BCUT2D eigenvalue weighted by Gasteiger charge is -2.17. The smallest absolute Gasteiger partial charge is 0.163 e. The van der Waals surface area contributed by atoms with Crippen molar-refractivity contribution in [3.63, 3.8) is 0 Å². The summed E-state index contributed by atoms with van der Waals surface area (Å²) in [4.78, 5) is 0. The fraction of sp³-hybridized carbons (Fsp3) is 0.217. The number of rotatable bonds is 8. The van der Waals surface area contributed by atoms with Crippen molar-refractivity contribution in [1.82, 2.24) is 5.32 Å². The van der Waals surface area contributed by atoms with Crippen LogP contribution >= 0.6 is 34.8 Å². The van der Waals surface area contributed by atoms with Crippen molar-refractivity contribution in [2.45, 2.75) is 26.1 Å². The molecule has 0 saturated heterocycles. The molecule has 0 aromatic heterocycles. The average Bonchev–Trinajstić information content (AvgIpc) is 2.72. The van der Waals surface area contributed by atoms with Crippen LogP contribution in [0.15, 0.2) is 60.7 Å². The third-order valence-corrected chi connectivity index (χ3v) is 5.57. The molecule has 0 aliphatic carbocycles. The van der Waals surface area contributed by atoms with Gasteiger partial charge in [-0.1, -0.05) is 71.2 Å². The van der Waals surface area contributed by atoms with Crippen molar-refractivity contribution >= 4 is 34.8 Å². The number of methoxy groups -OCH3 is 1. The monoisotopic (exact) mass is 449 g/mol. The van der Waals surface area contributed by atoms with Crippen LogP contribution in [-0.2, 0) is 13.2 Å². The Balaban J connectivity index is 1.70. The summed E-state index contributed by atoms with van der Waals surface area (Å²) in [5.74, 6) is 1.17. The minimum atomic E-state index is 0.196. The van der Waals surface area contributed by atoms with E-state index in [1.54, 1.807) is 25.3 Å². The quantitative estimate of drug-likeness (QED) is 0.397. The van der Waals surface area contributed by atoms with Gasteiger partial charge in [0.1, 0.15) is 6.61 Å². The van der Waals surface area contributed by atoms with Gasteiger partial charge in [-0.05, 0) is 36.2 Å². The molecular formula is C23H22Cl3NO2. The molecule has 6 heteroatoms. The summed E-state index contributed by atoms with van der Waals surface area (Å²) in [7, 11) is 1.61. The van der Waals surface area contributed by atoms with E-state index in [9.17, 15) is 0 Å². The summed E-state index contributed by atoms with van der Waals surface area (Å²) in [5, 5.41) is 5.23. The van der Waals surface area contributed by atoms with E-state index >= 15 is 0 Å². The Kier molecular flexibility index (Phi) is 7.68. The fourth-order valence-corrected chi connectivity index (χ4v) is 3.59. The second-order valence-electron chi connectivity index (χ2n) is 6.63. The maximum Gasteiger partial charge on any atom is 0.163 e. The largest absolute Gasteiger partial charge is 0.493 e. The normalized spacial score (nSPS) is 11.9. The highest BCUT2D eigenvalue weighted by Crippen LogP contribution is 2.34. The van der Waals surface area contributed by atoms with Crippen LogP contribution in [0.5, 0.6) is 11.5 Å². The van der Waals surface area contributed by atoms with Crippen molar-refractivity contribution in [3.8, 4) is 11.5 Å². The molecule has 152 valence electrons. The Hall–Kier alpha value is -1.91. The maximum atomic E-state index is 6.50. The molecule has 3 nitrogen and oxygen atoms in total. The first-order valence-corrected chi connectivity index (χ1v) is 10.3. The molecule has 3 aromatic carbocycles. The number of nitrogens with one attached hydrogen (secondary N) is 1. The lowest BCUT2D eigenvalue weighted by atomic mass is 10.1. The van der Waals surface area contributed by atoms with E-state index < -0.39 is 0 Å². The summed E-state index contributed by atoms with van der Waals surface area (Å²) in [5.41, 5.74) is 2.98. The number of ether oxygens (including phenoxy) is 2. The topological polar surface area (TPSA) is 30.5 Å². The maximum absolute atomic E-state index is 6.50. The second kappa shape index (κ2) is 10.2. The van der Waals surface area contributed by atoms with Crippen LogP contribution in [-0.4, -0.2) is 7.11 Å². The first-order chi connectivity index (χ1) is 14.0. The van der Waals surface area contributed by atoms with Crippen molar-refractivity contribution in [3.05, 3.63) is 92.4 Å². The van der Waals surface area contributed by atoms with Gasteiger partial charge in [-0.2, -0.15) is 0 Å². The van der Waals surface area contributed by atoms with Crippen LogP contribution in [0.1, 0.15) is 29.7 Å². The van der Waals surface area contributed by atoms with E-state index in [0.717, 1.165) is 11.1 Å². The van der Waals surface area contributed by atoms with Crippen molar-refractivity contribution in [1.29, 1.82) is 0 Å². The molecule has 0 fully saturated rings. The van der Waals surface area contributed by atoms with E-state index in [-0.39, 0.29) is 12.6 Å². The molecule has 3 aromatic rings. The molecule has 1 atom stereocenters. The minimum Gasteiger partial charge on any atom is -0.493 e. The van der Waals surface area contributed by atoms with Gasteiger partial charge in [0.25, 0.3) is 0 Å². The third-order valence-electron chi connectivity index (χ3n) is 4.63. The van der Waals surface area contributed by atoms with E-state index in [1.807, 2.05) is 30.3 Å². The summed E-state index contributed by atoms with van der Waals surface area (Å²) < 4.78 is 11.4. The van der Waals surface area contributed by atoms with Gasteiger partial charge in [-0.3, -0.25) is 0 Å². The van der Waals surface area contributed by atoms with E-state index in [0.29, 0.717) is 33.1 Å². The van der Waals surface area contributed by atoms with Gasteiger partial charge in [0.2, 0.25) is 0 Å². The fourth-order valence-electron chi connectivity index (χ4n) is 2.90. The number of hydrogen-bond donors (Lipinski definition) is 1. The Morgan fingerprint density at radius 2 is 1.59 bits per heavy atom. The molecule has 1 unspecified atom stereocenters. The van der Waals surface area contributed by atoms with Crippen LogP contribution in [0.25, 0.3) is 0 Å². The Morgan fingerprint density at radius 3 is 2.28 bits per heavy atom. The minimum absolute atomic E-state index is 0.196. The highest BCUT2D eigenvalue weighted by atomic mass is 35.5. The summed E-state index contributed by atoms with van der Waals surface area (Å²) in [6.07, 6.45) is 0. The Labute approximate surface area is 186 Å². The van der Waals surface area contributed by atoms with Crippen molar-refractivity contribution in [2.24, 2.45) is 0 Å². The SMILES string of the molecule is COc1cc(CNC(C)c2ccccc2)c(Cl)cc1OCc1ccc(Cl)cc1Cl. The first-order valence-electron chi connectivity index (χ1n) is 9.19. The lowest BCUT2D eigenvalue weighted by molar-refractivity contribution is 0.284. The highest BCUT2D eigenvalue weighted by molar-refractivity contribution is 6.35. The number of halogens is 3. The molecule has 0 heterocycles. The van der Waals surface area contributed by atoms with Crippen LogP contribution in [0.2, 0.25) is 15.1 Å². The summed E-state index contributed by atoms with van der Waals surface area (Å²) in [6, 6.07) is 19.4. The molecule has 0 saturated carbocycles. The molecule has 29 heavy (non-hydrogen) atoms. The molecular weight excluding hydrogens is 429 g/mol. The molecule has 0 aliphatic rings. The van der Waals surface area contributed by atoms with Gasteiger partial charge in [-0.15, -0.1) is 0 Å². The zero-order valence-electron chi connectivity index (χ0n) is 16.2. The lowest BCUT2D eigenvalue weighted by Crippen LogP contribution is -2.18. The van der Waals surface area contributed by atoms with Gasteiger partial charge < -0.3 is 14.8 Å². The van der Waals surface area contributed by atoms with Gasteiger partial charge in [0.15, 0.2) is 11.5 Å². The van der Waals surface area contributed by atoms with Crippen LogP contribution < -0.4 is 14.8 Å². The summed E-state index contributed by atoms with van der Waals surface area (Å²) >= 11 is 18.7. The summed E-state index contributed by atoms with van der Waals surface area (Å²) in [6.45, 7) is 3.01. The van der Waals surface area contributed by atoms with Crippen LogP contribution in [0, 0.1) is 0 Å². The van der Waals surface area contributed by atoms with Gasteiger partial charge >= 0.3 is 0 Å². The molecule has 0 radical (unpaired) electrons. The zero-order chi connectivity index (χ0) is 20.8. The first kappa shape index (κ1) is 21.8. The third kappa shape index (κ3) is 5.80. The van der Waals surface area contributed by atoms with Gasteiger partial charge in [-0.25, -0.2) is 0 Å². The average molecular weight is 451 g/mol. The highest BCUT2D eigenvalue weighted by Gasteiger charge is 2.13. The number of hydrogen-bond acceptors (Lipinski definition) is 3.